The summed E-state index contributed by atoms with van der Waals surface area (Å²) in [7, 11) is 0. The average molecular weight is 177 g/mol. The first kappa shape index (κ1) is 8.42. The molecule has 1 aliphatic heterocycles. The maximum Gasteiger partial charge on any atom is 0.116 e. The van der Waals surface area contributed by atoms with E-state index in [1.165, 1.54) is 11.3 Å². The highest BCUT2D eigenvalue weighted by atomic mass is 16.3. The molecule has 0 amide bonds. The number of nitrogens with one attached hydrogen (secondary N) is 1. The standard InChI is InChI=1S/C11H15NO/c1-7(2)10-6-12-11-4-3-8(13)5-9(10)11/h3-5,7,10,12-13H,6H2,1-2H3. The zero-order chi connectivity index (χ0) is 9.42. The number of hydrogen-bond donors (Lipinski definition) is 2. The van der Waals surface area contributed by atoms with Gasteiger partial charge in [-0.3, -0.25) is 0 Å². The van der Waals surface area contributed by atoms with Crippen molar-refractivity contribution in [3.63, 3.8) is 0 Å². The molecule has 0 saturated carbocycles. The molecule has 0 bridgehead atoms. The Labute approximate surface area is 78.6 Å². The van der Waals surface area contributed by atoms with E-state index >= 15 is 0 Å². The molecule has 2 heteroatoms. The third-order valence-corrected chi connectivity index (χ3v) is 2.75. The predicted molar refractivity (Wildman–Crippen MR) is 54.2 cm³/mol. The minimum absolute atomic E-state index is 0.369. The number of rotatable bonds is 1. The van der Waals surface area contributed by atoms with Gasteiger partial charge in [0.1, 0.15) is 5.75 Å². The molecule has 1 aromatic rings. The highest BCUT2D eigenvalue weighted by Gasteiger charge is 2.24. The summed E-state index contributed by atoms with van der Waals surface area (Å²) in [6.45, 7) is 5.42. The quantitative estimate of drug-likeness (QED) is 0.646. The second kappa shape index (κ2) is 2.95. The van der Waals surface area contributed by atoms with Crippen molar-refractivity contribution in [2.75, 3.05) is 11.9 Å². The van der Waals surface area contributed by atoms with Crippen molar-refractivity contribution in [1.82, 2.24) is 0 Å². The largest absolute Gasteiger partial charge is 0.508 e. The number of aromatic hydroxyl groups is 1. The van der Waals surface area contributed by atoms with Crippen LogP contribution in [0.2, 0.25) is 0 Å². The van der Waals surface area contributed by atoms with Gasteiger partial charge in [-0.15, -0.1) is 0 Å². The van der Waals surface area contributed by atoms with E-state index in [0.29, 0.717) is 17.6 Å². The Kier molecular flexibility index (Phi) is 1.91. The number of anilines is 1. The van der Waals surface area contributed by atoms with Gasteiger partial charge in [0.2, 0.25) is 0 Å². The third-order valence-electron chi connectivity index (χ3n) is 2.75. The van der Waals surface area contributed by atoms with Gasteiger partial charge in [0.25, 0.3) is 0 Å². The second-order valence-electron chi connectivity index (χ2n) is 4.00. The highest BCUT2D eigenvalue weighted by molar-refractivity contribution is 5.60. The lowest BCUT2D eigenvalue weighted by Crippen LogP contribution is -2.08. The minimum Gasteiger partial charge on any atom is -0.508 e. The molecule has 1 aliphatic rings. The summed E-state index contributed by atoms with van der Waals surface area (Å²) in [6.07, 6.45) is 0. The maximum atomic E-state index is 9.37. The fourth-order valence-electron chi connectivity index (χ4n) is 1.94. The van der Waals surface area contributed by atoms with Gasteiger partial charge in [-0.2, -0.15) is 0 Å². The Morgan fingerprint density at radius 3 is 2.92 bits per heavy atom. The van der Waals surface area contributed by atoms with Crippen LogP contribution in [0.4, 0.5) is 5.69 Å². The van der Waals surface area contributed by atoms with Crippen LogP contribution in [0.5, 0.6) is 5.75 Å². The van der Waals surface area contributed by atoms with Crippen molar-refractivity contribution in [3.8, 4) is 5.75 Å². The van der Waals surface area contributed by atoms with Crippen LogP contribution in [0.15, 0.2) is 18.2 Å². The van der Waals surface area contributed by atoms with Gasteiger partial charge in [-0.1, -0.05) is 13.8 Å². The van der Waals surface area contributed by atoms with E-state index in [9.17, 15) is 5.11 Å². The van der Waals surface area contributed by atoms with Gasteiger partial charge in [0, 0.05) is 18.2 Å². The van der Waals surface area contributed by atoms with E-state index in [-0.39, 0.29) is 0 Å². The molecule has 0 aromatic heterocycles. The van der Waals surface area contributed by atoms with Crippen molar-refractivity contribution in [3.05, 3.63) is 23.8 Å². The summed E-state index contributed by atoms with van der Waals surface area (Å²) in [5.74, 6) is 1.53. The Morgan fingerprint density at radius 2 is 2.23 bits per heavy atom. The smallest absolute Gasteiger partial charge is 0.116 e. The Bertz CT molecular complexity index is 320. The van der Waals surface area contributed by atoms with Crippen LogP contribution in [-0.4, -0.2) is 11.7 Å². The lowest BCUT2D eigenvalue weighted by molar-refractivity contribution is 0.471. The number of benzene rings is 1. The number of phenols is 1. The molecule has 0 saturated heterocycles. The van der Waals surface area contributed by atoms with Crippen LogP contribution in [0.3, 0.4) is 0 Å². The predicted octanol–water partition coefficient (Wildman–Crippen LogP) is 2.56. The molecule has 2 rings (SSSR count). The fourth-order valence-corrected chi connectivity index (χ4v) is 1.94. The monoisotopic (exact) mass is 177 g/mol. The molecule has 1 aromatic carbocycles. The second-order valence-corrected chi connectivity index (χ2v) is 4.00. The van der Waals surface area contributed by atoms with Crippen LogP contribution in [0.25, 0.3) is 0 Å². The van der Waals surface area contributed by atoms with E-state index in [0.717, 1.165) is 6.54 Å². The zero-order valence-electron chi connectivity index (χ0n) is 8.04. The zero-order valence-corrected chi connectivity index (χ0v) is 8.04. The van der Waals surface area contributed by atoms with Gasteiger partial charge in [-0.25, -0.2) is 0 Å². The van der Waals surface area contributed by atoms with Gasteiger partial charge >= 0.3 is 0 Å². The first-order valence-electron chi connectivity index (χ1n) is 4.75. The van der Waals surface area contributed by atoms with Crippen molar-refractivity contribution in [2.24, 2.45) is 5.92 Å². The number of phenolic OH excluding ortho intramolecular Hbond substituents is 1. The summed E-state index contributed by atoms with van der Waals surface area (Å²) < 4.78 is 0. The molecule has 70 valence electrons. The summed E-state index contributed by atoms with van der Waals surface area (Å²) in [5, 5.41) is 12.7. The van der Waals surface area contributed by atoms with Gasteiger partial charge < -0.3 is 10.4 Å². The van der Waals surface area contributed by atoms with E-state index in [1.54, 1.807) is 6.07 Å². The number of hydrogen-bond acceptors (Lipinski definition) is 2. The topological polar surface area (TPSA) is 32.3 Å². The van der Waals surface area contributed by atoms with E-state index in [1.807, 2.05) is 12.1 Å². The average Bonchev–Trinajstić information content (AvgIpc) is 2.46. The van der Waals surface area contributed by atoms with Crippen molar-refractivity contribution >= 4 is 5.69 Å². The van der Waals surface area contributed by atoms with Crippen molar-refractivity contribution in [2.45, 2.75) is 19.8 Å². The van der Waals surface area contributed by atoms with Gasteiger partial charge in [-0.05, 0) is 29.7 Å². The minimum atomic E-state index is 0.369. The summed E-state index contributed by atoms with van der Waals surface area (Å²) in [4.78, 5) is 0. The van der Waals surface area contributed by atoms with Crippen LogP contribution in [0.1, 0.15) is 25.3 Å². The molecule has 0 aliphatic carbocycles. The molecular weight excluding hydrogens is 162 g/mol. The van der Waals surface area contributed by atoms with Gasteiger partial charge in [0.15, 0.2) is 0 Å². The summed E-state index contributed by atoms with van der Waals surface area (Å²) in [6, 6.07) is 5.56. The van der Waals surface area contributed by atoms with Crippen LogP contribution >= 0.6 is 0 Å². The molecule has 1 atom stereocenters. The molecule has 2 nitrogen and oxygen atoms in total. The summed E-state index contributed by atoms with van der Waals surface area (Å²) in [5.41, 5.74) is 2.44. The molecular formula is C11H15NO. The molecule has 0 fully saturated rings. The van der Waals surface area contributed by atoms with E-state index < -0.39 is 0 Å². The highest BCUT2D eigenvalue weighted by Crippen LogP contribution is 2.37. The van der Waals surface area contributed by atoms with Crippen molar-refractivity contribution < 1.29 is 5.11 Å². The molecule has 0 radical (unpaired) electrons. The van der Waals surface area contributed by atoms with Crippen molar-refractivity contribution in [1.29, 1.82) is 0 Å². The molecule has 13 heavy (non-hydrogen) atoms. The Morgan fingerprint density at radius 1 is 1.46 bits per heavy atom. The Balaban J connectivity index is 2.40. The molecule has 1 unspecified atom stereocenters. The normalized spacial score (nSPS) is 20.1. The Hall–Kier alpha value is -1.18. The third kappa shape index (κ3) is 1.37. The SMILES string of the molecule is CC(C)C1CNc2ccc(O)cc21. The first-order chi connectivity index (χ1) is 6.18. The lowest BCUT2D eigenvalue weighted by atomic mass is 9.90. The van der Waals surface area contributed by atoms with E-state index in [2.05, 4.69) is 19.2 Å². The fraction of sp³-hybridized carbons (Fsp3) is 0.455. The van der Waals surface area contributed by atoms with Crippen LogP contribution in [0, 0.1) is 5.92 Å². The lowest BCUT2D eigenvalue weighted by Gasteiger charge is -2.13. The molecule has 0 spiro atoms. The van der Waals surface area contributed by atoms with Gasteiger partial charge in [0.05, 0.1) is 0 Å². The first-order valence-corrected chi connectivity index (χ1v) is 4.75. The van der Waals surface area contributed by atoms with Crippen LogP contribution in [-0.2, 0) is 0 Å². The van der Waals surface area contributed by atoms with Crippen LogP contribution < -0.4 is 5.32 Å². The maximum absolute atomic E-state index is 9.37. The van der Waals surface area contributed by atoms with E-state index in [4.69, 9.17) is 0 Å². The number of fused-ring (bicyclic) bond motifs is 1. The molecule has 2 N–H and O–H groups in total. The molecule has 1 heterocycles. The summed E-state index contributed by atoms with van der Waals surface area (Å²) >= 11 is 0.